The molecule has 5 nitrogen and oxygen atoms in total. The lowest BCUT2D eigenvalue weighted by Gasteiger charge is -2.41. The van der Waals surface area contributed by atoms with E-state index in [1.54, 1.807) is 7.11 Å². The fraction of sp³-hybridized carbons (Fsp3) is 0.381. The van der Waals surface area contributed by atoms with Crippen LogP contribution in [0.3, 0.4) is 0 Å². The molecule has 0 radical (unpaired) electrons. The van der Waals surface area contributed by atoms with Crippen molar-refractivity contribution in [3.8, 4) is 22.6 Å². The maximum atomic E-state index is 10.6. The quantitative estimate of drug-likeness (QED) is 0.692. The Bertz CT molecular complexity index is 868. The zero-order valence-electron chi connectivity index (χ0n) is 16.7. The molecule has 0 aliphatic carbocycles. The molecule has 9 heteroatoms. The Balaban J connectivity index is 0.000000396. The number of rotatable bonds is 5. The molecule has 0 bridgehead atoms. The van der Waals surface area contributed by atoms with Crippen molar-refractivity contribution in [3.05, 3.63) is 47.5 Å². The predicted octanol–water partition coefficient (Wildman–Crippen LogP) is 5.12. The average molecular weight is 446 g/mol. The number of ether oxygens (including phenoxy) is 2. The fourth-order valence-electron chi connectivity index (χ4n) is 2.78. The van der Waals surface area contributed by atoms with E-state index in [9.17, 15) is 13.2 Å². The smallest absolute Gasteiger partial charge is 0.490 e. The number of carbonyl (C=O) groups is 1. The number of hydrogen-bond acceptors (Lipinski definition) is 4. The Kier molecular flexibility index (Phi) is 7.97. The second kappa shape index (κ2) is 10.0. The van der Waals surface area contributed by atoms with Gasteiger partial charge >= 0.3 is 12.1 Å². The van der Waals surface area contributed by atoms with Crippen LogP contribution < -0.4 is 9.47 Å². The maximum absolute atomic E-state index is 10.6. The molecule has 0 aromatic heterocycles. The minimum absolute atomic E-state index is 0.216. The van der Waals surface area contributed by atoms with Crippen molar-refractivity contribution in [2.45, 2.75) is 32.2 Å². The van der Waals surface area contributed by atoms with Gasteiger partial charge in [0.15, 0.2) is 11.5 Å². The van der Waals surface area contributed by atoms with Gasteiger partial charge in [-0.3, -0.25) is 4.90 Å². The molecule has 1 fully saturated rings. The molecule has 0 saturated carbocycles. The number of likely N-dealkylation sites (tertiary alicyclic amines) is 1. The Morgan fingerprint density at radius 2 is 1.77 bits per heavy atom. The van der Waals surface area contributed by atoms with Crippen molar-refractivity contribution in [1.82, 2.24) is 4.90 Å². The van der Waals surface area contributed by atoms with E-state index in [0.717, 1.165) is 40.7 Å². The van der Waals surface area contributed by atoms with Crippen LogP contribution in [0.2, 0.25) is 5.02 Å². The summed E-state index contributed by atoms with van der Waals surface area (Å²) >= 11 is 6.30. The highest BCUT2D eigenvalue weighted by molar-refractivity contribution is 6.33. The Morgan fingerprint density at radius 3 is 2.27 bits per heavy atom. The highest BCUT2D eigenvalue weighted by Crippen LogP contribution is 2.36. The summed E-state index contributed by atoms with van der Waals surface area (Å²) in [6, 6.07) is 14.3. The van der Waals surface area contributed by atoms with E-state index in [2.05, 4.69) is 18.7 Å². The van der Waals surface area contributed by atoms with Crippen molar-refractivity contribution < 1.29 is 32.5 Å². The maximum Gasteiger partial charge on any atom is 0.490 e. The lowest BCUT2D eigenvalue weighted by atomic mass is 10.0. The van der Waals surface area contributed by atoms with Gasteiger partial charge in [0.2, 0.25) is 0 Å². The van der Waals surface area contributed by atoms with Crippen molar-refractivity contribution in [2.75, 3.05) is 20.2 Å². The second-order valence-corrected chi connectivity index (χ2v) is 7.34. The lowest BCUT2D eigenvalue weighted by molar-refractivity contribution is -0.192. The van der Waals surface area contributed by atoms with E-state index in [-0.39, 0.29) is 6.10 Å². The molecule has 1 N–H and O–H groups in total. The van der Waals surface area contributed by atoms with Gasteiger partial charge in [-0.1, -0.05) is 35.9 Å². The first-order valence-corrected chi connectivity index (χ1v) is 9.54. The zero-order valence-corrected chi connectivity index (χ0v) is 17.5. The number of alkyl halides is 3. The van der Waals surface area contributed by atoms with E-state index >= 15 is 0 Å². The molecule has 3 rings (SSSR count). The number of carboxylic acids is 1. The summed E-state index contributed by atoms with van der Waals surface area (Å²) < 4.78 is 43.3. The molecule has 1 heterocycles. The van der Waals surface area contributed by atoms with Crippen molar-refractivity contribution in [1.29, 1.82) is 0 Å². The molecule has 1 aliphatic rings. The van der Waals surface area contributed by atoms with Crippen LogP contribution in [-0.4, -0.2) is 54.5 Å². The van der Waals surface area contributed by atoms with Gasteiger partial charge in [0.05, 0.1) is 7.11 Å². The van der Waals surface area contributed by atoms with Crippen LogP contribution in [0.25, 0.3) is 11.1 Å². The number of nitrogens with zero attached hydrogens (tertiary/aromatic N) is 1. The number of benzene rings is 2. The number of carboxylic acid groups (broad SMARTS) is 1. The van der Waals surface area contributed by atoms with Gasteiger partial charge in [-0.05, 0) is 37.6 Å². The Labute approximate surface area is 178 Å². The third-order valence-electron chi connectivity index (χ3n) is 4.49. The number of methoxy groups -OCH3 is 1. The fourth-order valence-corrected chi connectivity index (χ4v) is 3.02. The third-order valence-corrected chi connectivity index (χ3v) is 4.82. The van der Waals surface area contributed by atoms with Crippen molar-refractivity contribution in [3.63, 3.8) is 0 Å². The van der Waals surface area contributed by atoms with Crippen LogP contribution in [0.15, 0.2) is 42.5 Å². The zero-order chi connectivity index (χ0) is 22.5. The van der Waals surface area contributed by atoms with E-state index in [0.29, 0.717) is 6.04 Å². The summed E-state index contributed by atoms with van der Waals surface area (Å²) in [5.74, 6) is -1.23. The van der Waals surface area contributed by atoms with Gasteiger partial charge in [0.1, 0.15) is 6.10 Å². The van der Waals surface area contributed by atoms with Gasteiger partial charge in [0.25, 0.3) is 0 Å². The Morgan fingerprint density at radius 1 is 1.17 bits per heavy atom. The summed E-state index contributed by atoms with van der Waals surface area (Å²) in [6.07, 6.45) is -4.87. The third kappa shape index (κ3) is 6.27. The first kappa shape index (κ1) is 23.8. The minimum atomic E-state index is -5.08. The molecule has 0 amide bonds. The first-order valence-electron chi connectivity index (χ1n) is 9.16. The number of hydrogen-bond donors (Lipinski definition) is 1. The van der Waals surface area contributed by atoms with Gasteiger partial charge < -0.3 is 14.6 Å². The summed E-state index contributed by atoms with van der Waals surface area (Å²) in [4.78, 5) is 11.3. The van der Waals surface area contributed by atoms with E-state index in [4.69, 9.17) is 31.0 Å². The van der Waals surface area contributed by atoms with Gasteiger partial charge in [-0.25, -0.2) is 4.79 Å². The number of halogens is 4. The Hall–Kier alpha value is -2.45. The summed E-state index contributed by atoms with van der Waals surface area (Å²) in [6.45, 7) is 6.32. The predicted molar refractivity (Wildman–Crippen MR) is 108 cm³/mol. The normalized spacial score (nSPS) is 14.5. The molecule has 2 aromatic carbocycles. The van der Waals surface area contributed by atoms with Crippen LogP contribution in [0.5, 0.6) is 11.5 Å². The molecule has 1 saturated heterocycles. The molecule has 164 valence electrons. The molecule has 0 spiro atoms. The largest absolute Gasteiger partial charge is 0.493 e. The molecular weight excluding hydrogens is 423 g/mol. The molecule has 0 atom stereocenters. The van der Waals surface area contributed by atoms with Crippen molar-refractivity contribution in [2.24, 2.45) is 0 Å². The average Bonchev–Trinajstić information content (AvgIpc) is 2.64. The summed E-state index contributed by atoms with van der Waals surface area (Å²) in [7, 11) is 1.67. The molecular formula is C21H23ClF3NO4. The highest BCUT2D eigenvalue weighted by atomic mass is 35.5. The van der Waals surface area contributed by atoms with Crippen LogP contribution in [0.1, 0.15) is 13.8 Å². The first-order chi connectivity index (χ1) is 14.0. The second-order valence-electron chi connectivity index (χ2n) is 6.94. The van der Waals surface area contributed by atoms with Crippen molar-refractivity contribution >= 4 is 17.6 Å². The van der Waals surface area contributed by atoms with Gasteiger partial charge in [-0.2, -0.15) is 13.2 Å². The molecule has 2 aromatic rings. The topological polar surface area (TPSA) is 59.0 Å². The molecule has 0 unspecified atom stereocenters. The molecule has 1 aliphatic heterocycles. The minimum Gasteiger partial charge on any atom is -0.493 e. The molecule has 30 heavy (non-hydrogen) atoms. The van der Waals surface area contributed by atoms with E-state index in [1.165, 1.54) is 0 Å². The standard InChI is InChI=1S/C19H22ClNO2.C2HF3O2/c1-13(2)21-11-15(12-21)23-19-10-14(8-9-18(19)22-3)16-6-4-5-7-17(16)20;3-2(4,5)1(6)7/h4-10,13,15H,11-12H2,1-3H3;(H,6,7). The van der Waals surface area contributed by atoms with Crippen LogP contribution in [0.4, 0.5) is 13.2 Å². The monoisotopic (exact) mass is 445 g/mol. The summed E-state index contributed by atoms with van der Waals surface area (Å²) in [5, 5.41) is 7.86. The lowest BCUT2D eigenvalue weighted by Crippen LogP contribution is -2.56. The number of aliphatic carboxylic acids is 1. The summed E-state index contributed by atoms with van der Waals surface area (Å²) in [5.41, 5.74) is 2.03. The highest BCUT2D eigenvalue weighted by Gasteiger charge is 2.38. The van der Waals surface area contributed by atoms with Gasteiger partial charge in [-0.15, -0.1) is 0 Å². The van der Waals surface area contributed by atoms with E-state index in [1.807, 2.05) is 42.5 Å². The van der Waals surface area contributed by atoms with Crippen LogP contribution in [0, 0.1) is 0 Å². The SMILES string of the molecule is COc1ccc(-c2ccccc2Cl)cc1OC1CN(C(C)C)C1.O=C(O)C(F)(F)F. The van der Waals surface area contributed by atoms with Crippen LogP contribution >= 0.6 is 11.6 Å². The van der Waals surface area contributed by atoms with E-state index < -0.39 is 12.1 Å². The van der Waals surface area contributed by atoms with Crippen LogP contribution in [-0.2, 0) is 4.79 Å². The van der Waals surface area contributed by atoms with Gasteiger partial charge in [0, 0.05) is 29.7 Å².